The quantitative estimate of drug-likeness (QED) is 0.268. The lowest BCUT2D eigenvalue weighted by molar-refractivity contribution is -0.129. The normalized spacial score (nSPS) is 59.7. The van der Waals surface area contributed by atoms with Gasteiger partial charge in [-0.2, -0.15) is 0 Å². The first-order chi connectivity index (χ1) is 18.8. The van der Waals surface area contributed by atoms with Crippen molar-refractivity contribution in [1.82, 2.24) is 0 Å². The Morgan fingerprint density at radius 1 is 0.250 bits per heavy atom. The molecule has 0 saturated heterocycles. The van der Waals surface area contributed by atoms with E-state index in [2.05, 4.69) is 55.4 Å². The Bertz CT molecular complexity index is 655. The third-order valence-electron chi connectivity index (χ3n) is 14.5. The third-order valence-corrected chi connectivity index (χ3v) is 14.5. The summed E-state index contributed by atoms with van der Waals surface area (Å²) in [5.41, 5.74) is 0. The molecular weight excluding hydrogens is 496 g/mol. The summed E-state index contributed by atoms with van der Waals surface area (Å²) in [4.78, 5) is 0. The van der Waals surface area contributed by atoms with Gasteiger partial charge in [0.2, 0.25) is 0 Å². The van der Waals surface area contributed by atoms with Crippen LogP contribution in [0.4, 0.5) is 0 Å². The van der Waals surface area contributed by atoms with Crippen molar-refractivity contribution in [2.45, 2.75) is 131 Å². The van der Waals surface area contributed by atoms with Gasteiger partial charge in [-0.25, -0.2) is 0 Å². The van der Waals surface area contributed by atoms with E-state index in [1.165, 1.54) is 0 Å². The average Bonchev–Trinajstić information content (AvgIpc) is 2.85. The highest BCUT2D eigenvalue weighted by Gasteiger charge is 2.52. The number of rotatable bonds is 0. The van der Waals surface area contributed by atoms with Crippen molar-refractivity contribution < 1.29 is 20.4 Å². The lowest BCUT2D eigenvalue weighted by Crippen LogP contribution is -2.53. The van der Waals surface area contributed by atoms with Crippen LogP contribution in [0.25, 0.3) is 0 Å². The van der Waals surface area contributed by atoms with Crippen molar-refractivity contribution in [1.29, 1.82) is 0 Å². The molecule has 5 aliphatic carbocycles. The summed E-state index contributed by atoms with van der Waals surface area (Å²) in [6, 6.07) is 0. The van der Waals surface area contributed by atoms with Crippen molar-refractivity contribution >= 4 is 0 Å². The minimum absolute atomic E-state index is 0.209. The van der Waals surface area contributed by atoms with E-state index in [4.69, 9.17) is 0 Å². The zero-order valence-corrected chi connectivity index (χ0v) is 27.0. The van der Waals surface area contributed by atoms with Crippen LogP contribution >= 0.6 is 0 Å². The number of aliphatic hydroxyl groups excluding tert-OH is 4. The Hall–Kier alpha value is -0.160. The molecule has 4 nitrogen and oxygen atoms in total. The first-order valence-electron chi connectivity index (χ1n) is 17.5. The van der Waals surface area contributed by atoms with Gasteiger partial charge in [-0.3, -0.25) is 0 Å². The van der Waals surface area contributed by atoms with Gasteiger partial charge in [-0.05, 0) is 146 Å². The lowest BCUT2D eigenvalue weighted by Gasteiger charge is -2.53. The van der Waals surface area contributed by atoms with E-state index >= 15 is 0 Å². The van der Waals surface area contributed by atoms with Crippen LogP contribution in [-0.4, -0.2) is 44.8 Å². The maximum atomic E-state index is 12.0. The molecule has 0 amide bonds. The van der Waals surface area contributed by atoms with Gasteiger partial charge in [0, 0.05) is 0 Å². The highest BCUT2D eigenvalue weighted by atomic mass is 16.3. The van der Waals surface area contributed by atoms with Crippen LogP contribution in [0.5, 0.6) is 0 Å². The molecular formula is C36H64O4. The van der Waals surface area contributed by atoms with Crippen LogP contribution in [0.15, 0.2) is 0 Å². The van der Waals surface area contributed by atoms with E-state index in [1.807, 2.05) is 0 Å². The zero-order chi connectivity index (χ0) is 29.2. The smallest absolute Gasteiger partial charge is 0.0601 e. The van der Waals surface area contributed by atoms with Crippen molar-refractivity contribution in [3.8, 4) is 0 Å². The van der Waals surface area contributed by atoms with Gasteiger partial charge in [-0.15, -0.1) is 0 Å². The second kappa shape index (κ2) is 12.1. The second-order valence-electron chi connectivity index (χ2n) is 17.0. The predicted octanol–water partition coefficient (Wildman–Crippen LogP) is 6.64. The molecule has 5 rings (SSSR count). The van der Waals surface area contributed by atoms with Crippen LogP contribution in [0.1, 0.15) is 107 Å². The molecule has 4 heteroatoms. The molecule has 0 spiro atoms. The van der Waals surface area contributed by atoms with Crippen molar-refractivity contribution in [3.63, 3.8) is 0 Å². The molecule has 232 valence electrons. The maximum absolute atomic E-state index is 12.0. The fourth-order valence-electron chi connectivity index (χ4n) is 11.9. The highest BCUT2D eigenvalue weighted by Crippen LogP contribution is 2.54. The number of fused-ring (bicyclic) bond motifs is 8. The van der Waals surface area contributed by atoms with Crippen molar-refractivity contribution in [2.24, 2.45) is 94.7 Å². The van der Waals surface area contributed by atoms with E-state index in [9.17, 15) is 20.4 Å². The van der Waals surface area contributed by atoms with E-state index in [0.717, 1.165) is 51.4 Å². The predicted molar refractivity (Wildman–Crippen MR) is 162 cm³/mol. The molecule has 0 aromatic carbocycles. The topological polar surface area (TPSA) is 80.9 Å². The van der Waals surface area contributed by atoms with Crippen LogP contribution in [0.2, 0.25) is 0 Å². The molecule has 5 aliphatic rings. The van der Waals surface area contributed by atoms with E-state index < -0.39 is 0 Å². The van der Waals surface area contributed by atoms with Gasteiger partial charge in [-0.1, -0.05) is 55.4 Å². The van der Waals surface area contributed by atoms with Gasteiger partial charge in [0.25, 0.3) is 0 Å². The van der Waals surface area contributed by atoms with E-state index in [0.29, 0.717) is 47.3 Å². The van der Waals surface area contributed by atoms with Crippen LogP contribution in [-0.2, 0) is 0 Å². The Labute approximate surface area is 246 Å². The minimum Gasteiger partial charge on any atom is -0.393 e. The molecule has 5 fully saturated rings. The monoisotopic (exact) mass is 560 g/mol. The summed E-state index contributed by atoms with van der Waals surface area (Å²) in [5.74, 6) is 5.23. The second-order valence-corrected chi connectivity index (χ2v) is 17.0. The molecule has 0 aromatic rings. The first kappa shape index (κ1) is 31.3. The van der Waals surface area contributed by atoms with Gasteiger partial charge in [0.15, 0.2) is 0 Å². The molecule has 8 bridgehead atoms. The average molecular weight is 561 g/mol. The molecule has 0 radical (unpaired) electrons. The fraction of sp³-hybridized carbons (Fsp3) is 1.00. The molecule has 16 atom stereocenters. The van der Waals surface area contributed by atoms with Crippen LogP contribution in [0, 0.1) is 94.7 Å². The summed E-state index contributed by atoms with van der Waals surface area (Å²) in [6.07, 6.45) is 6.71. The highest BCUT2D eigenvalue weighted by molar-refractivity contribution is 5.01. The summed E-state index contributed by atoms with van der Waals surface area (Å²) in [5, 5.41) is 48.1. The van der Waals surface area contributed by atoms with Crippen molar-refractivity contribution in [3.05, 3.63) is 0 Å². The maximum Gasteiger partial charge on any atom is 0.0601 e. The van der Waals surface area contributed by atoms with Gasteiger partial charge in [0.05, 0.1) is 24.4 Å². The SMILES string of the molecule is CC1CC(C)C2CC3C(C)CC(C)C(CC4C(C)CC(C)C(CC5C(C)CC(C)C(CC1C2O)C5O)C4O)C3O. The van der Waals surface area contributed by atoms with Gasteiger partial charge >= 0.3 is 0 Å². The summed E-state index contributed by atoms with van der Waals surface area (Å²) >= 11 is 0. The standard InChI is InChI=1S/C36H64O4/c1-17-9-18(2)27-14-28-21(5)11-22(6)31(35(28)39)16-32-24(8)12-23(7)30(36(32)40)15-29-20(4)10-19(3)26(34(29)38)13-25(17)33(27)37/h17-40H,9-16H2,1-8H3. The number of hydrogen-bond acceptors (Lipinski definition) is 4. The summed E-state index contributed by atoms with van der Waals surface area (Å²) in [7, 11) is 0. The zero-order valence-electron chi connectivity index (χ0n) is 27.0. The third kappa shape index (κ3) is 5.59. The molecule has 4 N–H and O–H groups in total. The van der Waals surface area contributed by atoms with Crippen LogP contribution in [0.3, 0.4) is 0 Å². The Morgan fingerprint density at radius 2 is 0.375 bits per heavy atom. The lowest BCUT2D eigenvalue weighted by atomic mass is 9.54. The molecule has 40 heavy (non-hydrogen) atoms. The Morgan fingerprint density at radius 3 is 0.500 bits per heavy atom. The fourth-order valence-corrected chi connectivity index (χ4v) is 11.9. The Balaban J connectivity index is 1.54. The molecule has 0 aliphatic heterocycles. The Kier molecular flexibility index (Phi) is 9.45. The number of hydrogen-bond donors (Lipinski definition) is 4. The van der Waals surface area contributed by atoms with Gasteiger partial charge < -0.3 is 20.4 Å². The van der Waals surface area contributed by atoms with Crippen molar-refractivity contribution in [2.75, 3.05) is 0 Å². The first-order valence-corrected chi connectivity index (χ1v) is 17.5. The van der Waals surface area contributed by atoms with Crippen LogP contribution < -0.4 is 0 Å². The van der Waals surface area contributed by atoms with E-state index in [-0.39, 0.29) is 71.8 Å². The molecule has 0 aromatic heterocycles. The van der Waals surface area contributed by atoms with E-state index in [1.54, 1.807) is 0 Å². The number of aliphatic hydroxyl groups is 4. The van der Waals surface area contributed by atoms with Gasteiger partial charge in [0.1, 0.15) is 0 Å². The summed E-state index contributed by atoms with van der Waals surface area (Å²) in [6.45, 7) is 18.6. The molecule has 5 saturated carbocycles. The molecule has 0 heterocycles. The minimum atomic E-state index is -0.359. The summed E-state index contributed by atoms with van der Waals surface area (Å²) < 4.78 is 0. The molecule has 16 unspecified atom stereocenters. The largest absolute Gasteiger partial charge is 0.393 e.